The first-order valence-electron chi connectivity index (χ1n) is 8.64. The summed E-state index contributed by atoms with van der Waals surface area (Å²) < 4.78 is 16.6. The van der Waals surface area contributed by atoms with E-state index in [4.69, 9.17) is 13.3 Å². The third-order valence-corrected chi connectivity index (χ3v) is 9.46. The van der Waals surface area contributed by atoms with Crippen molar-refractivity contribution in [2.24, 2.45) is 0 Å². The first-order chi connectivity index (χ1) is 11.9. The molecule has 26 heavy (non-hydrogen) atoms. The molecule has 0 spiro atoms. The van der Waals surface area contributed by atoms with Crippen LogP contribution in [0, 0.1) is 26.8 Å². The molecule has 0 saturated heterocycles. The average molecular weight is 580 g/mol. The minimum atomic E-state index is -2.56. The van der Waals surface area contributed by atoms with Crippen LogP contribution in [-0.4, -0.2) is 38.2 Å². The van der Waals surface area contributed by atoms with Crippen molar-refractivity contribution < 1.29 is 34.3 Å². The Hall–Kier alpha value is 0.222. The molecule has 0 N–H and O–H groups in total. The first kappa shape index (κ1) is 33.8. The van der Waals surface area contributed by atoms with Gasteiger partial charge in [0.1, 0.15) is 0 Å². The number of rotatable bonds is 8. The Labute approximate surface area is 180 Å². The molecule has 1 aliphatic rings. The molecule has 0 radical (unpaired) electrons. The summed E-state index contributed by atoms with van der Waals surface area (Å²) in [4.78, 5) is 0. The number of hydrogen-bond acceptors (Lipinski definition) is 3. The van der Waals surface area contributed by atoms with Crippen molar-refractivity contribution in [1.82, 2.24) is 0 Å². The fourth-order valence-electron chi connectivity index (χ4n) is 2.49. The Balaban J connectivity index is -0.000000312. The van der Waals surface area contributed by atoms with E-state index in [9.17, 15) is 0 Å². The van der Waals surface area contributed by atoms with Crippen LogP contribution in [0.1, 0.15) is 27.2 Å². The maximum absolute atomic E-state index is 5.53. The van der Waals surface area contributed by atoms with Crippen molar-refractivity contribution in [3.8, 4) is 0 Å². The average Bonchev–Trinajstić information content (AvgIpc) is 3.14. The predicted molar refractivity (Wildman–Crippen MR) is 117 cm³/mol. The number of allylic oxidation sites excluding steroid dienone is 5. The van der Waals surface area contributed by atoms with E-state index in [1.165, 1.54) is 10.8 Å². The second-order valence-electron chi connectivity index (χ2n) is 5.33. The van der Waals surface area contributed by atoms with E-state index in [2.05, 4.69) is 52.6 Å². The maximum Gasteiger partial charge on any atom is 4.00 e. The molecule has 0 bridgehead atoms. The topological polar surface area (TPSA) is 27.7 Å². The number of hydrogen-bond donors (Lipinski definition) is 0. The third-order valence-electron chi connectivity index (χ3n) is 3.62. The second-order valence-corrected chi connectivity index (χ2v) is 13.0. The molecule has 0 saturated carbocycles. The van der Waals surface area contributed by atoms with Crippen LogP contribution >= 0.6 is 0 Å². The van der Waals surface area contributed by atoms with Crippen molar-refractivity contribution in [2.45, 2.75) is 52.4 Å². The zero-order valence-corrected chi connectivity index (χ0v) is 22.4. The zero-order chi connectivity index (χ0) is 20.5. The Kier molecular flexibility index (Phi) is 25.9. The fourth-order valence-corrected chi connectivity index (χ4v) is 6.95. The normalized spacial score (nSPS) is 12.6. The van der Waals surface area contributed by atoms with Crippen molar-refractivity contribution in [3.63, 3.8) is 0 Å². The summed E-state index contributed by atoms with van der Waals surface area (Å²) in [6, 6.07) is 1.79. The van der Waals surface area contributed by atoms with Gasteiger partial charge in [0.15, 0.2) is 0 Å². The van der Waals surface area contributed by atoms with Crippen LogP contribution in [0.2, 0.25) is 25.2 Å². The van der Waals surface area contributed by atoms with Crippen LogP contribution in [0.15, 0.2) is 29.5 Å². The molecule has 0 aliphatic heterocycles. The third kappa shape index (κ3) is 11.2. The van der Waals surface area contributed by atoms with E-state index < -0.39 is 16.9 Å². The minimum Gasteiger partial charge on any atom is -0.377 e. The molecule has 3 nitrogen and oxygen atoms in total. The van der Waals surface area contributed by atoms with Gasteiger partial charge in [-0.3, -0.25) is 6.08 Å². The van der Waals surface area contributed by atoms with Crippen LogP contribution in [0.25, 0.3) is 0 Å². The molecular formula is C20H40O3PtSi2. The van der Waals surface area contributed by atoms with Crippen molar-refractivity contribution >= 4 is 16.9 Å². The summed E-state index contributed by atoms with van der Waals surface area (Å²) >= 11 is 0. The molecule has 0 fully saturated rings. The molecule has 0 heterocycles. The smallest absolute Gasteiger partial charge is 0.377 e. The molecule has 0 atom stereocenters. The molecule has 0 unspecified atom stereocenters. The monoisotopic (exact) mass is 579 g/mol. The zero-order valence-electron chi connectivity index (χ0n) is 18.1. The van der Waals surface area contributed by atoms with E-state index >= 15 is 0 Å². The van der Waals surface area contributed by atoms with E-state index in [1.54, 1.807) is 42.1 Å². The molecule has 0 aromatic heterocycles. The van der Waals surface area contributed by atoms with Gasteiger partial charge >= 0.3 is 29.9 Å². The Morgan fingerprint density at radius 1 is 1.04 bits per heavy atom. The Bertz CT molecular complexity index is 382. The molecular weight excluding hydrogens is 539 g/mol. The molecule has 1 aliphatic carbocycles. The quantitative estimate of drug-likeness (QED) is 0.204. The molecule has 0 aromatic carbocycles. The fraction of sp³-hybridized carbons (Fsp3) is 0.550. The van der Waals surface area contributed by atoms with Gasteiger partial charge in [-0.1, -0.05) is 19.2 Å². The van der Waals surface area contributed by atoms with Crippen LogP contribution in [-0.2, 0) is 34.3 Å². The standard InChI is InChI=1S/C14H25O3Si2.3C2H5.Pt/c1-7-11-18(5,6)14-10-8-9-13(14)12-19(15-2,16-3)17-4;3*1-2;/h7,9H,1,8,11-12H2,2-6H3;3*1H2,2H3;/q4*-1;+4. The van der Waals surface area contributed by atoms with Crippen molar-refractivity contribution in [3.05, 3.63) is 56.3 Å². The minimum absolute atomic E-state index is 0. The summed E-state index contributed by atoms with van der Waals surface area (Å²) in [5.74, 6) is 0. The SMILES string of the molecule is C=CC[Si](C)(C)C1=[C-]CC=C1C[Si](OC)(OC)OC.[CH2-]C.[CH2-]C.[CH2-]C.[Pt+4]. The molecule has 0 amide bonds. The van der Waals surface area contributed by atoms with Gasteiger partial charge in [0.25, 0.3) is 0 Å². The summed E-state index contributed by atoms with van der Waals surface area (Å²) in [7, 11) is 0.927. The van der Waals surface area contributed by atoms with Crippen molar-refractivity contribution in [2.75, 3.05) is 21.3 Å². The van der Waals surface area contributed by atoms with Gasteiger partial charge < -0.3 is 34.0 Å². The Morgan fingerprint density at radius 2 is 1.46 bits per heavy atom. The van der Waals surface area contributed by atoms with Crippen LogP contribution in [0.5, 0.6) is 0 Å². The molecule has 1 rings (SSSR count). The van der Waals surface area contributed by atoms with Gasteiger partial charge in [0.05, 0.1) is 0 Å². The van der Waals surface area contributed by atoms with E-state index in [-0.39, 0.29) is 21.1 Å². The maximum atomic E-state index is 5.53. The van der Waals surface area contributed by atoms with Crippen molar-refractivity contribution in [1.29, 1.82) is 0 Å². The van der Waals surface area contributed by atoms with Gasteiger partial charge in [0.2, 0.25) is 0 Å². The van der Waals surface area contributed by atoms with Gasteiger partial charge in [-0.25, -0.2) is 5.20 Å². The molecule has 0 aromatic rings. The first-order valence-corrected chi connectivity index (χ1v) is 13.8. The summed E-state index contributed by atoms with van der Waals surface area (Å²) in [6.07, 6.45) is 8.66. The summed E-state index contributed by atoms with van der Waals surface area (Å²) in [6.45, 7) is 23.6. The van der Waals surface area contributed by atoms with Crippen LogP contribution < -0.4 is 0 Å². The predicted octanol–water partition coefficient (Wildman–Crippen LogP) is 5.88. The van der Waals surface area contributed by atoms with Gasteiger partial charge in [-0.15, -0.1) is 13.0 Å². The van der Waals surface area contributed by atoms with E-state index in [1.807, 2.05) is 6.08 Å². The molecule has 156 valence electrons. The van der Waals surface area contributed by atoms with E-state index in [0.717, 1.165) is 18.5 Å². The summed E-state index contributed by atoms with van der Waals surface area (Å²) in [5, 5.41) is 1.38. The van der Waals surface area contributed by atoms with Crippen LogP contribution in [0.4, 0.5) is 0 Å². The van der Waals surface area contributed by atoms with E-state index in [0.29, 0.717) is 0 Å². The van der Waals surface area contributed by atoms with Gasteiger partial charge in [-0.05, 0) is 12.1 Å². The Morgan fingerprint density at radius 3 is 1.81 bits per heavy atom. The summed E-state index contributed by atoms with van der Waals surface area (Å²) in [5.41, 5.74) is 1.30. The van der Waals surface area contributed by atoms with Gasteiger partial charge in [0, 0.05) is 29.4 Å². The van der Waals surface area contributed by atoms with Crippen LogP contribution in [0.3, 0.4) is 0 Å². The largest absolute Gasteiger partial charge is 4.00 e. The second kappa shape index (κ2) is 20.0. The van der Waals surface area contributed by atoms with Gasteiger partial charge in [-0.2, -0.15) is 32.4 Å². The molecule has 6 heteroatoms.